The van der Waals surface area contributed by atoms with Gasteiger partial charge in [0.2, 0.25) is 11.8 Å². The van der Waals surface area contributed by atoms with Gasteiger partial charge in [-0.05, 0) is 51.2 Å². The molecule has 0 aliphatic carbocycles. The van der Waals surface area contributed by atoms with Gasteiger partial charge in [0, 0.05) is 19.0 Å². The first kappa shape index (κ1) is 22.7. The summed E-state index contributed by atoms with van der Waals surface area (Å²) in [6, 6.07) is 18.0. The highest BCUT2D eigenvalue weighted by Crippen LogP contribution is 2.11. The zero-order valence-electron chi connectivity index (χ0n) is 18.2. The van der Waals surface area contributed by atoms with Crippen LogP contribution >= 0.6 is 0 Å². The number of carbonyl (C=O) groups excluding carboxylic acids is 2. The third-order valence-electron chi connectivity index (χ3n) is 5.40. The highest BCUT2D eigenvalue weighted by molar-refractivity contribution is 5.87. The van der Waals surface area contributed by atoms with Crippen LogP contribution in [0.5, 0.6) is 0 Å². The number of nitrogens with one attached hydrogen (secondary N) is 1. The maximum absolute atomic E-state index is 13.1. The van der Waals surface area contributed by atoms with E-state index in [0.717, 1.165) is 18.4 Å². The molecule has 0 bridgehead atoms. The molecule has 29 heavy (non-hydrogen) atoms. The van der Waals surface area contributed by atoms with Crippen LogP contribution in [0.25, 0.3) is 0 Å². The maximum atomic E-state index is 13.1. The quantitative estimate of drug-likeness (QED) is 0.653. The normalized spacial score (nSPS) is 12.8. The summed E-state index contributed by atoms with van der Waals surface area (Å²) in [5.41, 5.74) is 3.52. The summed E-state index contributed by atoms with van der Waals surface area (Å²) >= 11 is 0. The number of rotatable bonds is 10. The first-order chi connectivity index (χ1) is 13.9. The first-order valence-corrected chi connectivity index (χ1v) is 10.6. The molecule has 4 heteroatoms. The van der Waals surface area contributed by atoms with Gasteiger partial charge in [-0.3, -0.25) is 9.59 Å². The SMILES string of the molecule is CC[C@H](C)NC(=O)[C@@H](C)N(CCc1ccccc1)C(=O)CCc1ccc(C)cc1. The molecule has 0 spiro atoms. The van der Waals surface area contributed by atoms with E-state index in [-0.39, 0.29) is 17.9 Å². The van der Waals surface area contributed by atoms with Crippen LogP contribution in [0.3, 0.4) is 0 Å². The zero-order valence-corrected chi connectivity index (χ0v) is 18.2. The fraction of sp³-hybridized carbons (Fsp3) is 0.440. The molecule has 2 atom stereocenters. The second-order valence-electron chi connectivity index (χ2n) is 7.80. The molecule has 0 unspecified atom stereocenters. The van der Waals surface area contributed by atoms with E-state index in [4.69, 9.17) is 0 Å². The van der Waals surface area contributed by atoms with Crippen LogP contribution in [-0.4, -0.2) is 35.3 Å². The van der Waals surface area contributed by atoms with Crippen LogP contribution in [0.4, 0.5) is 0 Å². The van der Waals surface area contributed by atoms with Crippen molar-refractivity contribution in [1.29, 1.82) is 0 Å². The number of aryl methyl sites for hydroxylation is 2. The Hall–Kier alpha value is -2.62. The van der Waals surface area contributed by atoms with Gasteiger partial charge in [-0.2, -0.15) is 0 Å². The van der Waals surface area contributed by atoms with Crippen LogP contribution in [0.15, 0.2) is 54.6 Å². The predicted octanol–water partition coefficient (Wildman–Crippen LogP) is 4.30. The number of carbonyl (C=O) groups is 2. The fourth-order valence-electron chi connectivity index (χ4n) is 3.19. The lowest BCUT2D eigenvalue weighted by Gasteiger charge is -2.29. The average Bonchev–Trinajstić information content (AvgIpc) is 2.73. The van der Waals surface area contributed by atoms with E-state index in [0.29, 0.717) is 19.4 Å². The Morgan fingerprint density at radius 3 is 2.17 bits per heavy atom. The molecule has 0 aromatic heterocycles. The number of nitrogens with zero attached hydrogens (tertiary/aromatic N) is 1. The van der Waals surface area contributed by atoms with E-state index in [9.17, 15) is 9.59 Å². The molecule has 0 saturated heterocycles. The Morgan fingerprint density at radius 1 is 0.931 bits per heavy atom. The lowest BCUT2D eigenvalue weighted by Crippen LogP contribution is -2.50. The molecule has 156 valence electrons. The standard InChI is InChI=1S/C25H34N2O2/c1-5-20(3)26-25(29)21(4)27(18-17-22-9-7-6-8-10-22)24(28)16-15-23-13-11-19(2)12-14-23/h6-14,20-21H,5,15-18H2,1-4H3,(H,26,29)/t20-,21+/m0/s1. The highest BCUT2D eigenvalue weighted by Gasteiger charge is 2.26. The van der Waals surface area contributed by atoms with Gasteiger partial charge in [0.1, 0.15) is 6.04 Å². The summed E-state index contributed by atoms with van der Waals surface area (Å²) in [7, 11) is 0. The van der Waals surface area contributed by atoms with Crippen molar-refractivity contribution in [2.45, 2.75) is 65.5 Å². The monoisotopic (exact) mass is 394 g/mol. The topological polar surface area (TPSA) is 49.4 Å². The van der Waals surface area contributed by atoms with E-state index >= 15 is 0 Å². The van der Waals surface area contributed by atoms with Crippen LogP contribution in [-0.2, 0) is 22.4 Å². The number of benzene rings is 2. The maximum Gasteiger partial charge on any atom is 0.242 e. The van der Waals surface area contributed by atoms with Crippen molar-refractivity contribution < 1.29 is 9.59 Å². The Morgan fingerprint density at radius 2 is 1.55 bits per heavy atom. The summed E-state index contributed by atoms with van der Waals surface area (Å²) in [5, 5.41) is 3.01. The van der Waals surface area contributed by atoms with E-state index in [1.54, 1.807) is 4.90 Å². The zero-order chi connectivity index (χ0) is 21.2. The van der Waals surface area contributed by atoms with Crippen LogP contribution < -0.4 is 5.32 Å². The Balaban J connectivity index is 2.05. The van der Waals surface area contributed by atoms with Crippen molar-refractivity contribution in [1.82, 2.24) is 10.2 Å². The summed E-state index contributed by atoms with van der Waals surface area (Å²) in [4.78, 5) is 27.5. The molecule has 0 radical (unpaired) electrons. The molecule has 0 aliphatic rings. The predicted molar refractivity (Wildman–Crippen MR) is 119 cm³/mol. The third kappa shape index (κ3) is 7.37. The average molecular weight is 395 g/mol. The van der Waals surface area contributed by atoms with Gasteiger partial charge in [-0.15, -0.1) is 0 Å². The smallest absolute Gasteiger partial charge is 0.242 e. The molecule has 1 N–H and O–H groups in total. The molecule has 2 aromatic rings. The molecule has 0 fully saturated rings. The number of hydrogen-bond donors (Lipinski definition) is 1. The van der Waals surface area contributed by atoms with Crippen molar-refractivity contribution in [2.75, 3.05) is 6.54 Å². The minimum Gasteiger partial charge on any atom is -0.352 e. The number of hydrogen-bond acceptors (Lipinski definition) is 2. The van der Waals surface area contributed by atoms with E-state index in [1.165, 1.54) is 11.1 Å². The van der Waals surface area contributed by atoms with E-state index < -0.39 is 6.04 Å². The minimum absolute atomic E-state index is 0.0216. The summed E-state index contributed by atoms with van der Waals surface area (Å²) in [6.07, 6.45) is 2.68. The van der Waals surface area contributed by atoms with Gasteiger partial charge >= 0.3 is 0 Å². The van der Waals surface area contributed by atoms with Gasteiger partial charge in [-0.1, -0.05) is 67.1 Å². The number of amides is 2. The molecular weight excluding hydrogens is 360 g/mol. The molecule has 0 aliphatic heterocycles. The van der Waals surface area contributed by atoms with Gasteiger partial charge in [0.15, 0.2) is 0 Å². The van der Waals surface area contributed by atoms with Crippen molar-refractivity contribution in [3.63, 3.8) is 0 Å². The molecule has 2 aromatic carbocycles. The second-order valence-corrected chi connectivity index (χ2v) is 7.80. The molecule has 0 heterocycles. The van der Waals surface area contributed by atoms with Gasteiger partial charge < -0.3 is 10.2 Å². The van der Waals surface area contributed by atoms with Gasteiger partial charge in [0.25, 0.3) is 0 Å². The van der Waals surface area contributed by atoms with Crippen molar-refractivity contribution >= 4 is 11.8 Å². The molecule has 0 saturated carbocycles. The van der Waals surface area contributed by atoms with Crippen LogP contribution in [0.2, 0.25) is 0 Å². The largest absolute Gasteiger partial charge is 0.352 e. The first-order valence-electron chi connectivity index (χ1n) is 10.6. The van der Waals surface area contributed by atoms with E-state index in [2.05, 4.69) is 48.6 Å². The van der Waals surface area contributed by atoms with Crippen LogP contribution in [0, 0.1) is 6.92 Å². The minimum atomic E-state index is -0.488. The van der Waals surface area contributed by atoms with Gasteiger partial charge in [0.05, 0.1) is 0 Å². The van der Waals surface area contributed by atoms with Crippen LogP contribution in [0.1, 0.15) is 50.3 Å². The molecular formula is C25H34N2O2. The Labute approximate surface area is 175 Å². The summed E-state index contributed by atoms with van der Waals surface area (Å²) < 4.78 is 0. The molecule has 2 amide bonds. The van der Waals surface area contributed by atoms with Crippen molar-refractivity contribution in [3.05, 3.63) is 71.3 Å². The second kappa shape index (κ2) is 11.4. The molecule has 2 rings (SSSR count). The lowest BCUT2D eigenvalue weighted by molar-refractivity contribution is -0.140. The van der Waals surface area contributed by atoms with Crippen molar-refractivity contribution in [3.8, 4) is 0 Å². The third-order valence-corrected chi connectivity index (χ3v) is 5.40. The Kier molecular flexibility index (Phi) is 8.91. The summed E-state index contributed by atoms with van der Waals surface area (Å²) in [5.74, 6) is -0.0654. The van der Waals surface area contributed by atoms with Gasteiger partial charge in [-0.25, -0.2) is 0 Å². The van der Waals surface area contributed by atoms with E-state index in [1.807, 2.05) is 39.0 Å². The molecule has 4 nitrogen and oxygen atoms in total. The Bertz CT molecular complexity index is 771. The fourth-order valence-corrected chi connectivity index (χ4v) is 3.19. The van der Waals surface area contributed by atoms with Crippen molar-refractivity contribution in [2.24, 2.45) is 0 Å². The lowest BCUT2D eigenvalue weighted by atomic mass is 10.1. The summed E-state index contributed by atoms with van der Waals surface area (Å²) in [6.45, 7) is 8.43. The highest BCUT2D eigenvalue weighted by atomic mass is 16.2.